The lowest BCUT2D eigenvalue weighted by Gasteiger charge is -2.32. The number of carbonyl (C=O) groups is 2. The zero-order valence-electron chi connectivity index (χ0n) is 18.4. The number of thiophene rings is 1. The van der Waals surface area contributed by atoms with Gasteiger partial charge in [-0.1, -0.05) is 57.5 Å². The second-order valence-corrected chi connectivity index (χ2v) is 9.57. The molecule has 0 unspecified atom stereocenters. The van der Waals surface area contributed by atoms with E-state index in [1.165, 1.54) is 35.3 Å². The third-order valence-corrected chi connectivity index (χ3v) is 6.87. The summed E-state index contributed by atoms with van der Waals surface area (Å²) in [5.74, 6) is 0.498. The molecule has 0 spiro atoms. The third kappa shape index (κ3) is 5.72. The molecule has 4 nitrogen and oxygen atoms in total. The molecule has 1 atom stereocenters. The number of hydrogen-bond acceptors (Lipinski definition) is 3. The summed E-state index contributed by atoms with van der Waals surface area (Å²) >= 11 is 1.48. The van der Waals surface area contributed by atoms with Crippen molar-refractivity contribution in [2.24, 2.45) is 11.8 Å². The van der Waals surface area contributed by atoms with Crippen molar-refractivity contribution in [2.75, 3.05) is 13.1 Å². The fourth-order valence-electron chi connectivity index (χ4n) is 4.08. The molecule has 1 fully saturated rings. The Balaban J connectivity index is 1.56. The van der Waals surface area contributed by atoms with E-state index in [-0.39, 0.29) is 23.8 Å². The molecule has 5 heteroatoms. The van der Waals surface area contributed by atoms with E-state index in [0.29, 0.717) is 19.0 Å². The number of piperidine rings is 1. The van der Waals surface area contributed by atoms with E-state index in [1.807, 2.05) is 22.4 Å². The van der Waals surface area contributed by atoms with E-state index in [9.17, 15) is 9.59 Å². The van der Waals surface area contributed by atoms with Crippen LogP contribution in [0.25, 0.3) is 0 Å². The van der Waals surface area contributed by atoms with Crippen LogP contribution in [0.15, 0.2) is 41.8 Å². The lowest BCUT2D eigenvalue weighted by molar-refractivity contribution is -0.127. The van der Waals surface area contributed by atoms with Crippen molar-refractivity contribution < 1.29 is 9.59 Å². The zero-order chi connectivity index (χ0) is 21.5. The molecular formula is C25H34N2O2S. The summed E-state index contributed by atoms with van der Waals surface area (Å²) in [6.07, 6.45) is 4.97. The molecule has 1 N–H and O–H groups in total. The van der Waals surface area contributed by atoms with Crippen molar-refractivity contribution in [3.63, 3.8) is 0 Å². The van der Waals surface area contributed by atoms with Crippen molar-refractivity contribution in [2.45, 2.75) is 58.9 Å². The third-order valence-electron chi connectivity index (χ3n) is 6.01. The molecule has 1 aromatic carbocycles. The molecule has 0 bridgehead atoms. The molecule has 1 saturated heterocycles. The zero-order valence-corrected chi connectivity index (χ0v) is 19.2. The van der Waals surface area contributed by atoms with E-state index >= 15 is 0 Å². The van der Waals surface area contributed by atoms with Crippen LogP contribution in [-0.2, 0) is 11.2 Å². The molecule has 0 aliphatic carbocycles. The summed E-state index contributed by atoms with van der Waals surface area (Å²) in [5.41, 5.74) is 2.53. The number of nitrogens with zero attached hydrogens (tertiary/aromatic N) is 1. The first-order valence-corrected chi connectivity index (χ1v) is 12.1. The summed E-state index contributed by atoms with van der Waals surface area (Å²) in [7, 11) is 0. The van der Waals surface area contributed by atoms with Gasteiger partial charge in [0.2, 0.25) is 5.91 Å². The second kappa shape index (κ2) is 10.8. The van der Waals surface area contributed by atoms with Crippen molar-refractivity contribution in [1.29, 1.82) is 0 Å². The lowest BCUT2D eigenvalue weighted by atomic mass is 9.91. The monoisotopic (exact) mass is 426 g/mol. The van der Waals surface area contributed by atoms with Crippen LogP contribution in [0.3, 0.4) is 0 Å². The Morgan fingerprint density at radius 3 is 2.40 bits per heavy atom. The van der Waals surface area contributed by atoms with Gasteiger partial charge in [-0.2, -0.15) is 0 Å². The Morgan fingerprint density at radius 1 is 1.13 bits per heavy atom. The number of likely N-dealkylation sites (tertiary alicyclic amines) is 1. The standard InChI is InChI=1S/C25H34N2O2S/c1-4-5-7-19-9-11-20(12-10-19)23(18(2)3)26-24(28)21-13-15-27(16-14-21)25(29)22-8-6-17-30-22/h6,8-12,17-18,21,23H,4-5,7,13-16H2,1-3H3,(H,26,28)/t23-/m0/s1. The van der Waals surface area contributed by atoms with Gasteiger partial charge in [0, 0.05) is 19.0 Å². The maximum atomic E-state index is 13.0. The maximum absolute atomic E-state index is 13.0. The molecule has 2 heterocycles. The fraction of sp³-hybridized carbons (Fsp3) is 0.520. The molecule has 1 aliphatic heterocycles. The number of carbonyl (C=O) groups excluding carboxylic acids is 2. The number of hydrogen-bond donors (Lipinski definition) is 1. The SMILES string of the molecule is CCCCc1ccc([C@@H](NC(=O)C2CCN(C(=O)c3cccs3)CC2)C(C)C)cc1. The number of nitrogens with one attached hydrogen (secondary N) is 1. The van der Waals surface area contributed by atoms with Crippen LogP contribution < -0.4 is 5.32 Å². The van der Waals surface area contributed by atoms with E-state index in [0.717, 1.165) is 24.1 Å². The number of amides is 2. The Kier molecular flexibility index (Phi) is 8.08. The first kappa shape index (κ1) is 22.5. The normalized spacial score (nSPS) is 15.9. The lowest BCUT2D eigenvalue weighted by Crippen LogP contribution is -2.44. The molecule has 2 aromatic rings. The minimum absolute atomic E-state index is 0.0171. The largest absolute Gasteiger partial charge is 0.349 e. The van der Waals surface area contributed by atoms with Gasteiger partial charge in [0.1, 0.15) is 0 Å². The van der Waals surface area contributed by atoms with Crippen molar-refractivity contribution >= 4 is 23.2 Å². The Labute approximate surface area is 184 Å². The molecule has 30 heavy (non-hydrogen) atoms. The summed E-state index contributed by atoms with van der Waals surface area (Å²) in [5, 5.41) is 5.22. The van der Waals surface area contributed by atoms with Crippen LogP contribution in [0.5, 0.6) is 0 Å². The van der Waals surface area contributed by atoms with Crippen LogP contribution in [0.1, 0.15) is 73.3 Å². The topological polar surface area (TPSA) is 49.4 Å². The minimum atomic E-state index is -0.0255. The highest BCUT2D eigenvalue weighted by atomic mass is 32.1. The highest BCUT2D eigenvalue weighted by Crippen LogP contribution is 2.26. The van der Waals surface area contributed by atoms with E-state index in [4.69, 9.17) is 0 Å². The molecule has 162 valence electrons. The molecule has 2 amide bonds. The molecule has 1 aromatic heterocycles. The predicted molar refractivity (Wildman–Crippen MR) is 124 cm³/mol. The van der Waals surface area contributed by atoms with Crippen LogP contribution in [0, 0.1) is 11.8 Å². The maximum Gasteiger partial charge on any atom is 0.263 e. The molecule has 0 saturated carbocycles. The minimum Gasteiger partial charge on any atom is -0.349 e. The van der Waals surface area contributed by atoms with E-state index in [2.05, 4.69) is 50.4 Å². The number of unbranched alkanes of at least 4 members (excludes halogenated alkanes) is 1. The second-order valence-electron chi connectivity index (χ2n) is 8.62. The Bertz CT molecular complexity index is 806. The van der Waals surface area contributed by atoms with Crippen LogP contribution in [-0.4, -0.2) is 29.8 Å². The van der Waals surface area contributed by atoms with Gasteiger partial charge >= 0.3 is 0 Å². The average molecular weight is 427 g/mol. The van der Waals surface area contributed by atoms with Gasteiger partial charge in [-0.15, -0.1) is 11.3 Å². The molecule has 1 aliphatic rings. The quantitative estimate of drug-likeness (QED) is 0.610. The van der Waals surface area contributed by atoms with Gasteiger partial charge in [-0.05, 0) is 54.2 Å². The number of benzene rings is 1. The van der Waals surface area contributed by atoms with Crippen LogP contribution in [0.4, 0.5) is 0 Å². The highest BCUT2D eigenvalue weighted by Gasteiger charge is 2.30. The Morgan fingerprint density at radius 2 is 1.83 bits per heavy atom. The number of aryl methyl sites for hydroxylation is 1. The van der Waals surface area contributed by atoms with Crippen molar-refractivity contribution in [1.82, 2.24) is 10.2 Å². The fourth-order valence-corrected chi connectivity index (χ4v) is 4.77. The molecule has 3 rings (SSSR count). The Hall–Kier alpha value is -2.14. The van der Waals surface area contributed by atoms with Gasteiger partial charge in [0.25, 0.3) is 5.91 Å². The number of rotatable bonds is 8. The summed E-state index contributed by atoms with van der Waals surface area (Å²) in [6.45, 7) is 7.80. The van der Waals surface area contributed by atoms with Gasteiger partial charge in [-0.25, -0.2) is 0 Å². The van der Waals surface area contributed by atoms with Gasteiger partial charge in [0.05, 0.1) is 10.9 Å². The predicted octanol–water partition coefficient (Wildman–Crippen LogP) is 5.46. The van der Waals surface area contributed by atoms with Gasteiger partial charge in [-0.3, -0.25) is 9.59 Å². The average Bonchev–Trinajstić information content (AvgIpc) is 3.30. The summed E-state index contributed by atoms with van der Waals surface area (Å²) in [4.78, 5) is 28.2. The first-order valence-electron chi connectivity index (χ1n) is 11.2. The van der Waals surface area contributed by atoms with Crippen molar-refractivity contribution in [3.8, 4) is 0 Å². The molecule has 0 radical (unpaired) electrons. The van der Waals surface area contributed by atoms with Crippen LogP contribution >= 0.6 is 11.3 Å². The molecular weight excluding hydrogens is 392 g/mol. The summed E-state index contributed by atoms with van der Waals surface area (Å²) in [6, 6.07) is 12.5. The highest BCUT2D eigenvalue weighted by molar-refractivity contribution is 7.12. The van der Waals surface area contributed by atoms with E-state index < -0.39 is 0 Å². The smallest absolute Gasteiger partial charge is 0.263 e. The van der Waals surface area contributed by atoms with E-state index in [1.54, 1.807) is 0 Å². The van der Waals surface area contributed by atoms with Gasteiger partial charge < -0.3 is 10.2 Å². The van der Waals surface area contributed by atoms with Gasteiger partial charge in [0.15, 0.2) is 0 Å². The van der Waals surface area contributed by atoms with Crippen LogP contribution in [0.2, 0.25) is 0 Å². The summed E-state index contributed by atoms with van der Waals surface area (Å²) < 4.78 is 0. The van der Waals surface area contributed by atoms with Crippen molar-refractivity contribution in [3.05, 3.63) is 57.8 Å². The first-order chi connectivity index (χ1) is 14.5.